The largest absolute Gasteiger partial charge is 0.315 e. The number of hydrogen-bond donors (Lipinski definition) is 0. The van der Waals surface area contributed by atoms with Crippen LogP contribution in [0.3, 0.4) is 0 Å². The second-order valence-electron chi connectivity index (χ2n) is 1.50. The molecule has 1 nitrogen and oxygen atoms in total. The van der Waals surface area contributed by atoms with Gasteiger partial charge in [0, 0.05) is 5.75 Å². The molecule has 0 aliphatic rings. The summed E-state index contributed by atoms with van der Waals surface area (Å²) in [4.78, 5) is 0. The topological polar surface area (TPSA) is 9.23 Å². The minimum atomic E-state index is 0.782. The number of hydrogen-bond acceptors (Lipinski definition) is 2. The molecule has 0 aliphatic carbocycles. The Morgan fingerprint density at radius 1 is 1.62 bits per heavy atom. The van der Waals surface area contributed by atoms with E-state index in [4.69, 9.17) is 4.18 Å². The van der Waals surface area contributed by atoms with Crippen LogP contribution >= 0.6 is 12.0 Å². The molecular formula is C6H13OS. The fraction of sp³-hybridized carbons (Fsp3) is 0.833. The van der Waals surface area contributed by atoms with Gasteiger partial charge in [-0.1, -0.05) is 13.8 Å². The van der Waals surface area contributed by atoms with Gasteiger partial charge in [0.05, 0.1) is 6.61 Å². The van der Waals surface area contributed by atoms with E-state index in [1.807, 2.05) is 0 Å². The zero-order valence-corrected chi connectivity index (χ0v) is 6.17. The Morgan fingerprint density at radius 3 is 2.88 bits per heavy atom. The van der Waals surface area contributed by atoms with Crippen molar-refractivity contribution in [1.29, 1.82) is 0 Å². The van der Waals surface area contributed by atoms with Crippen molar-refractivity contribution in [3.8, 4) is 0 Å². The normalized spacial score (nSPS) is 9.75. The van der Waals surface area contributed by atoms with Crippen LogP contribution in [-0.4, -0.2) is 12.4 Å². The molecule has 0 aromatic rings. The molecule has 8 heavy (non-hydrogen) atoms. The minimum absolute atomic E-state index is 0.782. The van der Waals surface area contributed by atoms with Crippen molar-refractivity contribution in [2.45, 2.75) is 19.8 Å². The average molecular weight is 133 g/mol. The Balaban J connectivity index is 2.53. The van der Waals surface area contributed by atoms with Gasteiger partial charge in [-0.2, -0.15) is 0 Å². The molecule has 49 valence electrons. The monoisotopic (exact) mass is 133 g/mol. The first kappa shape index (κ1) is 8.31. The average Bonchev–Trinajstić information content (AvgIpc) is 1.81. The first-order valence-electron chi connectivity index (χ1n) is 2.95. The standard InChI is InChI=1S/C6H13OS/c1-3-5-7-8-6-4-2/h1,3-6H2,2H3. The maximum atomic E-state index is 5.08. The quantitative estimate of drug-likeness (QED) is 0.420. The molecule has 0 N–H and O–H groups in total. The molecule has 0 amide bonds. The van der Waals surface area contributed by atoms with Crippen LogP contribution in [0, 0.1) is 6.92 Å². The molecule has 0 unspecified atom stereocenters. The van der Waals surface area contributed by atoms with Crippen LogP contribution in [0.25, 0.3) is 0 Å². The lowest BCUT2D eigenvalue weighted by atomic mass is 10.5. The summed E-state index contributed by atoms with van der Waals surface area (Å²) in [6.07, 6.45) is 2.05. The highest BCUT2D eigenvalue weighted by Crippen LogP contribution is 2.03. The summed E-state index contributed by atoms with van der Waals surface area (Å²) in [7, 11) is 0. The molecule has 0 bridgehead atoms. The second-order valence-corrected chi connectivity index (χ2v) is 2.38. The third kappa shape index (κ3) is 6.31. The van der Waals surface area contributed by atoms with E-state index in [-0.39, 0.29) is 0 Å². The summed E-state index contributed by atoms with van der Waals surface area (Å²) >= 11 is 1.54. The lowest BCUT2D eigenvalue weighted by Gasteiger charge is -1.95. The van der Waals surface area contributed by atoms with Crippen LogP contribution in [0.15, 0.2) is 0 Å². The van der Waals surface area contributed by atoms with Gasteiger partial charge in [0.25, 0.3) is 0 Å². The molecule has 0 aromatic carbocycles. The molecular weight excluding hydrogens is 120 g/mol. The van der Waals surface area contributed by atoms with Gasteiger partial charge in [-0.15, -0.1) is 0 Å². The summed E-state index contributed by atoms with van der Waals surface area (Å²) < 4.78 is 5.08. The summed E-state index contributed by atoms with van der Waals surface area (Å²) in [5.74, 6) is 1.10. The Morgan fingerprint density at radius 2 is 2.38 bits per heavy atom. The van der Waals surface area contributed by atoms with Crippen molar-refractivity contribution in [3.05, 3.63) is 6.92 Å². The molecule has 0 heterocycles. The van der Waals surface area contributed by atoms with E-state index < -0.39 is 0 Å². The smallest absolute Gasteiger partial charge is 0.0613 e. The van der Waals surface area contributed by atoms with Crippen LogP contribution in [-0.2, 0) is 4.18 Å². The van der Waals surface area contributed by atoms with Crippen LogP contribution in [0.2, 0.25) is 0 Å². The highest BCUT2D eigenvalue weighted by molar-refractivity contribution is 7.94. The van der Waals surface area contributed by atoms with Gasteiger partial charge < -0.3 is 4.18 Å². The first-order valence-corrected chi connectivity index (χ1v) is 3.86. The first-order chi connectivity index (χ1) is 3.91. The lowest BCUT2D eigenvalue weighted by molar-refractivity contribution is 0.382. The van der Waals surface area contributed by atoms with Crippen molar-refractivity contribution in [2.24, 2.45) is 0 Å². The molecule has 0 atom stereocenters. The van der Waals surface area contributed by atoms with Gasteiger partial charge in [0.15, 0.2) is 0 Å². The van der Waals surface area contributed by atoms with Crippen molar-refractivity contribution >= 4 is 12.0 Å². The Labute approximate surface area is 56.0 Å². The molecule has 2 heteroatoms. The molecule has 0 rings (SSSR count). The van der Waals surface area contributed by atoms with Gasteiger partial charge in [0.1, 0.15) is 0 Å². The van der Waals surface area contributed by atoms with Crippen molar-refractivity contribution < 1.29 is 4.18 Å². The summed E-state index contributed by atoms with van der Waals surface area (Å²) in [5.41, 5.74) is 0. The zero-order chi connectivity index (χ0) is 6.24. The second kappa shape index (κ2) is 7.31. The Kier molecular flexibility index (Phi) is 7.59. The number of rotatable bonds is 5. The molecule has 1 radical (unpaired) electrons. The molecule has 0 fully saturated rings. The maximum Gasteiger partial charge on any atom is 0.0613 e. The molecule has 0 saturated heterocycles. The van der Waals surface area contributed by atoms with Gasteiger partial charge in [-0.05, 0) is 24.9 Å². The van der Waals surface area contributed by atoms with E-state index in [9.17, 15) is 0 Å². The van der Waals surface area contributed by atoms with Gasteiger partial charge in [0.2, 0.25) is 0 Å². The van der Waals surface area contributed by atoms with Gasteiger partial charge in [-0.25, -0.2) is 0 Å². The van der Waals surface area contributed by atoms with E-state index in [1.54, 1.807) is 0 Å². The lowest BCUT2D eigenvalue weighted by Crippen LogP contribution is -1.83. The van der Waals surface area contributed by atoms with Crippen LogP contribution < -0.4 is 0 Å². The highest BCUT2D eigenvalue weighted by atomic mass is 32.2. The van der Waals surface area contributed by atoms with Gasteiger partial charge >= 0.3 is 0 Å². The van der Waals surface area contributed by atoms with Crippen LogP contribution in [0.5, 0.6) is 0 Å². The SMILES string of the molecule is [CH2]CCOSCCC. The van der Waals surface area contributed by atoms with E-state index >= 15 is 0 Å². The molecule has 0 spiro atoms. The maximum absolute atomic E-state index is 5.08. The Bertz CT molecular complexity index is 33.5. The predicted molar refractivity (Wildman–Crippen MR) is 38.7 cm³/mol. The predicted octanol–water partition coefficient (Wildman–Crippen LogP) is 2.29. The minimum Gasteiger partial charge on any atom is -0.315 e. The van der Waals surface area contributed by atoms with Crippen LogP contribution in [0.1, 0.15) is 19.8 Å². The van der Waals surface area contributed by atoms with Crippen molar-refractivity contribution in [3.63, 3.8) is 0 Å². The summed E-state index contributed by atoms with van der Waals surface area (Å²) in [6.45, 7) is 6.57. The van der Waals surface area contributed by atoms with Crippen LogP contribution in [0.4, 0.5) is 0 Å². The third-order valence-corrected chi connectivity index (χ3v) is 1.51. The fourth-order valence-electron chi connectivity index (χ4n) is 0.260. The Hall–Kier alpha value is 0.310. The van der Waals surface area contributed by atoms with E-state index in [1.165, 1.54) is 18.5 Å². The zero-order valence-electron chi connectivity index (χ0n) is 5.35. The van der Waals surface area contributed by atoms with Crippen molar-refractivity contribution in [2.75, 3.05) is 12.4 Å². The van der Waals surface area contributed by atoms with E-state index in [2.05, 4.69) is 13.8 Å². The molecule has 0 saturated carbocycles. The van der Waals surface area contributed by atoms with Gasteiger partial charge in [-0.3, -0.25) is 0 Å². The summed E-state index contributed by atoms with van der Waals surface area (Å²) in [5, 5.41) is 0. The molecule has 0 aromatic heterocycles. The summed E-state index contributed by atoms with van der Waals surface area (Å²) in [6, 6.07) is 0. The third-order valence-electron chi connectivity index (χ3n) is 0.598. The van der Waals surface area contributed by atoms with E-state index in [0.717, 1.165) is 18.8 Å². The molecule has 0 aliphatic heterocycles. The fourth-order valence-corrected chi connectivity index (χ4v) is 0.780. The van der Waals surface area contributed by atoms with E-state index in [0.29, 0.717) is 0 Å². The highest BCUT2D eigenvalue weighted by Gasteiger charge is 1.83. The van der Waals surface area contributed by atoms with Crippen molar-refractivity contribution in [1.82, 2.24) is 0 Å².